The molecule has 2 aromatic heterocycles. The number of aryl methyl sites for hydroxylation is 2. The molecule has 2 heterocycles. The van der Waals surface area contributed by atoms with Crippen molar-refractivity contribution in [1.82, 2.24) is 15.3 Å². The van der Waals surface area contributed by atoms with Crippen LogP contribution in [-0.4, -0.2) is 21.6 Å². The van der Waals surface area contributed by atoms with Crippen molar-refractivity contribution in [3.05, 3.63) is 62.3 Å². The summed E-state index contributed by atoms with van der Waals surface area (Å²) in [6, 6.07) is 5.96. The average Bonchev–Trinajstić information content (AvgIpc) is 3.10. The normalized spacial score (nSPS) is 14.5. The summed E-state index contributed by atoms with van der Waals surface area (Å²) in [5.74, 6) is 1.51. The van der Waals surface area contributed by atoms with Crippen LogP contribution in [-0.2, 0) is 23.4 Å². The summed E-state index contributed by atoms with van der Waals surface area (Å²) >= 11 is 3.22. The summed E-state index contributed by atoms with van der Waals surface area (Å²) in [6.07, 6.45) is 4.71. The number of H-pyrrole nitrogens is 1. The second-order valence-electron chi connectivity index (χ2n) is 7.55. The summed E-state index contributed by atoms with van der Waals surface area (Å²) in [5, 5.41) is 3.70. The molecule has 5 nitrogen and oxygen atoms in total. The lowest BCUT2D eigenvalue weighted by Gasteiger charge is -2.14. The monoisotopic (exact) mass is 445 g/mol. The van der Waals surface area contributed by atoms with Gasteiger partial charge in [0.2, 0.25) is 5.91 Å². The molecule has 0 saturated heterocycles. The van der Waals surface area contributed by atoms with Gasteiger partial charge in [-0.25, -0.2) is 9.37 Å². The van der Waals surface area contributed by atoms with Gasteiger partial charge in [0.15, 0.2) is 0 Å². The smallest absolute Gasteiger partial charge is 0.259 e. The maximum absolute atomic E-state index is 13.0. The van der Waals surface area contributed by atoms with Crippen LogP contribution in [0, 0.1) is 5.82 Å². The largest absolute Gasteiger partial charge is 0.350 e. The van der Waals surface area contributed by atoms with Crippen molar-refractivity contribution in [3.63, 3.8) is 0 Å². The van der Waals surface area contributed by atoms with E-state index in [2.05, 4.69) is 15.3 Å². The van der Waals surface area contributed by atoms with Crippen LogP contribution in [0.4, 0.5) is 4.39 Å². The number of aromatic amines is 1. The molecule has 30 heavy (non-hydrogen) atoms. The van der Waals surface area contributed by atoms with E-state index in [0.29, 0.717) is 23.8 Å². The highest BCUT2D eigenvalue weighted by atomic mass is 32.2. The predicted molar refractivity (Wildman–Crippen MR) is 121 cm³/mol. The maximum Gasteiger partial charge on any atom is 0.259 e. The number of carbonyl (C=O) groups is 1. The van der Waals surface area contributed by atoms with E-state index in [1.54, 1.807) is 35.2 Å². The summed E-state index contributed by atoms with van der Waals surface area (Å²) in [6.45, 7) is 1.88. The van der Waals surface area contributed by atoms with Crippen LogP contribution < -0.4 is 10.9 Å². The van der Waals surface area contributed by atoms with Crippen LogP contribution in [0.15, 0.2) is 29.1 Å². The second kappa shape index (κ2) is 9.31. The SMILES string of the molecule is CC(NC(=O)CCSCc1nc2sc3c(c2c(=O)[nH]1)CCCC3)c1ccc(F)cc1. The molecule has 0 spiro atoms. The Hall–Kier alpha value is -2.19. The van der Waals surface area contributed by atoms with Crippen molar-refractivity contribution in [2.75, 3.05) is 5.75 Å². The van der Waals surface area contributed by atoms with E-state index in [0.717, 1.165) is 35.0 Å². The van der Waals surface area contributed by atoms with Crippen molar-refractivity contribution in [2.45, 2.75) is 50.8 Å². The minimum absolute atomic E-state index is 0.0409. The van der Waals surface area contributed by atoms with Gasteiger partial charge in [0, 0.05) is 17.1 Å². The van der Waals surface area contributed by atoms with Gasteiger partial charge in [-0.3, -0.25) is 9.59 Å². The quantitative estimate of drug-likeness (QED) is 0.525. The number of fused-ring (bicyclic) bond motifs is 3. The minimum Gasteiger partial charge on any atom is -0.350 e. The van der Waals surface area contributed by atoms with Crippen molar-refractivity contribution in [1.29, 1.82) is 0 Å². The molecule has 4 rings (SSSR count). The molecule has 0 bridgehead atoms. The molecule has 2 N–H and O–H groups in total. The lowest BCUT2D eigenvalue weighted by Crippen LogP contribution is -2.26. The molecule has 1 aliphatic carbocycles. The van der Waals surface area contributed by atoms with Crippen LogP contribution >= 0.6 is 23.1 Å². The number of rotatable bonds is 7. The van der Waals surface area contributed by atoms with Gasteiger partial charge in [0.05, 0.1) is 17.2 Å². The number of benzene rings is 1. The summed E-state index contributed by atoms with van der Waals surface area (Å²) in [5.41, 5.74) is 2.02. The van der Waals surface area contributed by atoms with E-state index in [4.69, 9.17) is 0 Å². The Labute approximate surface area is 182 Å². The highest BCUT2D eigenvalue weighted by Crippen LogP contribution is 2.33. The Kier molecular flexibility index (Phi) is 6.53. The number of halogens is 1. The Morgan fingerprint density at radius 3 is 2.87 bits per heavy atom. The number of hydrogen-bond donors (Lipinski definition) is 2. The summed E-state index contributed by atoms with van der Waals surface area (Å²) in [4.78, 5) is 34.5. The van der Waals surface area contributed by atoms with Crippen LogP contribution in [0.25, 0.3) is 10.2 Å². The third kappa shape index (κ3) is 4.75. The van der Waals surface area contributed by atoms with Gasteiger partial charge in [0.25, 0.3) is 5.56 Å². The molecule has 0 saturated carbocycles. The first-order valence-corrected chi connectivity index (χ1v) is 12.1. The van der Waals surface area contributed by atoms with E-state index >= 15 is 0 Å². The van der Waals surface area contributed by atoms with Gasteiger partial charge in [-0.1, -0.05) is 12.1 Å². The number of carbonyl (C=O) groups excluding carboxylic acids is 1. The van der Waals surface area contributed by atoms with Crippen LogP contribution in [0.1, 0.15) is 54.1 Å². The molecule has 1 unspecified atom stereocenters. The van der Waals surface area contributed by atoms with Gasteiger partial charge < -0.3 is 10.3 Å². The van der Waals surface area contributed by atoms with Crippen molar-refractivity contribution in [2.24, 2.45) is 0 Å². The molecule has 1 amide bonds. The van der Waals surface area contributed by atoms with Crippen molar-refractivity contribution < 1.29 is 9.18 Å². The van der Waals surface area contributed by atoms with Crippen molar-refractivity contribution >= 4 is 39.2 Å². The van der Waals surface area contributed by atoms with E-state index in [1.807, 2.05) is 6.92 Å². The van der Waals surface area contributed by atoms with E-state index in [9.17, 15) is 14.0 Å². The number of nitrogens with one attached hydrogen (secondary N) is 2. The zero-order valence-electron chi connectivity index (χ0n) is 16.8. The lowest BCUT2D eigenvalue weighted by atomic mass is 9.97. The van der Waals surface area contributed by atoms with Crippen LogP contribution in [0.2, 0.25) is 0 Å². The highest BCUT2D eigenvalue weighted by Gasteiger charge is 2.19. The number of aromatic nitrogens is 2. The summed E-state index contributed by atoms with van der Waals surface area (Å²) < 4.78 is 13.0. The van der Waals surface area contributed by atoms with Gasteiger partial charge in [-0.2, -0.15) is 11.8 Å². The fourth-order valence-electron chi connectivity index (χ4n) is 3.76. The fourth-order valence-corrected chi connectivity index (χ4v) is 5.84. The highest BCUT2D eigenvalue weighted by molar-refractivity contribution is 7.98. The second-order valence-corrected chi connectivity index (χ2v) is 9.74. The molecule has 1 aliphatic rings. The fraction of sp³-hybridized carbons (Fsp3) is 0.409. The number of amides is 1. The van der Waals surface area contributed by atoms with E-state index < -0.39 is 0 Å². The molecule has 158 valence electrons. The molecule has 1 atom stereocenters. The molecular weight excluding hydrogens is 421 g/mol. The van der Waals surface area contributed by atoms with Gasteiger partial charge in [0.1, 0.15) is 16.5 Å². The van der Waals surface area contributed by atoms with E-state index in [1.165, 1.54) is 29.0 Å². The summed E-state index contributed by atoms with van der Waals surface area (Å²) in [7, 11) is 0. The Morgan fingerprint density at radius 2 is 2.07 bits per heavy atom. The third-order valence-corrected chi connectivity index (χ3v) is 7.49. The average molecular weight is 446 g/mol. The third-order valence-electron chi connectivity index (χ3n) is 5.33. The van der Waals surface area contributed by atoms with Gasteiger partial charge >= 0.3 is 0 Å². The van der Waals surface area contributed by atoms with E-state index in [-0.39, 0.29) is 23.3 Å². The number of hydrogen-bond acceptors (Lipinski definition) is 5. The molecule has 1 aromatic carbocycles. The van der Waals surface area contributed by atoms with Gasteiger partial charge in [-0.15, -0.1) is 11.3 Å². The number of nitrogens with zero attached hydrogens (tertiary/aromatic N) is 1. The Morgan fingerprint density at radius 1 is 1.30 bits per heavy atom. The number of thioether (sulfide) groups is 1. The Balaban J connectivity index is 1.29. The topological polar surface area (TPSA) is 74.8 Å². The molecule has 0 aliphatic heterocycles. The molecule has 8 heteroatoms. The lowest BCUT2D eigenvalue weighted by molar-refractivity contribution is -0.121. The first-order chi connectivity index (χ1) is 14.5. The van der Waals surface area contributed by atoms with Crippen LogP contribution in [0.5, 0.6) is 0 Å². The van der Waals surface area contributed by atoms with Crippen molar-refractivity contribution in [3.8, 4) is 0 Å². The van der Waals surface area contributed by atoms with Gasteiger partial charge in [-0.05, 0) is 55.9 Å². The maximum atomic E-state index is 13.0. The zero-order valence-corrected chi connectivity index (χ0v) is 18.4. The zero-order chi connectivity index (χ0) is 21.1. The first-order valence-electron chi connectivity index (χ1n) is 10.2. The molecule has 0 radical (unpaired) electrons. The standard InChI is InChI=1S/C22H24FN3O2S2/c1-13(14-6-8-15(23)9-7-14)24-19(27)10-11-29-12-18-25-21(28)20-16-4-2-3-5-17(16)30-22(20)26-18/h6-9,13H,2-5,10-12H2,1H3,(H,24,27)(H,25,26,28). The number of thiophene rings is 1. The van der Waals surface area contributed by atoms with Crippen LogP contribution in [0.3, 0.4) is 0 Å². The minimum atomic E-state index is -0.291. The molecule has 0 fully saturated rings. The Bertz CT molecular complexity index is 1110. The molecule has 3 aromatic rings. The first kappa shape index (κ1) is 21.1. The predicted octanol–water partition coefficient (Wildman–Crippen LogP) is 4.50. The molecular formula is C22H24FN3O2S2.